The first-order chi connectivity index (χ1) is 13.9. The Labute approximate surface area is 191 Å². The summed E-state index contributed by atoms with van der Waals surface area (Å²) in [4.78, 5) is 52.0. The number of rotatable bonds is 8. The van der Waals surface area contributed by atoms with Crippen LogP contribution in [0.2, 0.25) is 0 Å². The number of hydrogen-bond donors (Lipinski definition) is 3. The fourth-order valence-corrected chi connectivity index (χ4v) is 1.45. The summed E-state index contributed by atoms with van der Waals surface area (Å²) in [5.41, 5.74) is 0. The first kappa shape index (κ1) is 36.3. The predicted octanol–water partition coefficient (Wildman–Crippen LogP) is -3.98. The molecule has 34 heavy (non-hydrogen) atoms. The van der Waals surface area contributed by atoms with Crippen molar-refractivity contribution in [3.05, 3.63) is 72.3 Å². The Morgan fingerprint density at radius 2 is 0.735 bits per heavy atom. The third kappa shape index (κ3) is 5.59. The van der Waals surface area contributed by atoms with E-state index in [4.69, 9.17) is 0 Å². The minimum atomic E-state index is -3.86. The monoisotopic (exact) mass is 550 g/mol. The van der Waals surface area contributed by atoms with Gasteiger partial charge in [-0.1, -0.05) is 0 Å². The fraction of sp³-hybridized carbons (Fsp3) is 0.500. The molecule has 0 fully saturated rings. The van der Waals surface area contributed by atoms with Crippen LogP contribution in [0.3, 0.4) is 0 Å². The third-order valence-electron chi connectivity index (χ3n) is 2.77. The largest absolute Gasteiger partial charge is 2.00 e. The summed E-state index contributed by atoms with van der Waals surface area (Å²) in [6, 6.07) is 0. The number of nitro groups is 6. The Hall–Kier alpha value is -5.06. The van der Waals surface area contributed by atoms with Crippen LogP contribution in [-0.2, 0) is 28.6 Å². The maximum atomic E-state index is 10.4. The van der Waals surface area contributed by atoms with Crippen molar-refractivity contribution in [2.75, 3.05) is 0 Å². The fourth-order valence-electron chi connectivity index (χ4n) is 1.45. The van der Waals surface area contributed by atoms with Crippen LogP contribution < -0.4 is 28.6 Å². The maximum Gasteiger partial charge on any atom is 2.00 e. The molecule has 0 aromatic carbocycles. The summed E-state index contributed by atoms with van der Waals surface area (Å²) in [6.07, 6.45) is 0. The molecule has 0 saturated carbocycles. The molecule has 2 rings (SSSR count). The molecule has 0 saturated heterocycles. The van der Waals surface area contributed by atoms with Crippen LogP contribution >= 0.6 is 0 Å². The van der Waals surface area contributed by atoms with Crippen molar-refractivity contribution in [3.63, 3.8) is 0 Å². The van der Waals surface area contributed by atoms with Crippen molar-refractivity contribution in [3.8, 4) is 0 Å². The second kappa shape index (κ2) is 13.4. The summed E-state index contributed by atoms with van der Waals surface area (Å²) in [6.45, 7) is 0. The molecule has 0 amide bonds. The molecule has 2 aromatic heterocycles. The van der Waals surface area contributed by atoms with Crippen LogP contribution in [-0.4, -0.2) is 60.6 Å². The first-order valence-corrected chi connectivity index (χ1v) is 6.13. The summed E-state index contributed by atoms with van der Waals surface area (Å²) in [5, 5.41) is 84.2. The predicted molar refractivity (Wildman–Crippen MR) is 86.7 cm³/mol. The SMILES string of the molecule is N.N.N.O=[N+]([O-])C(c1nnn[n-]1)([N+](=O)[O-])[N+](=O)[O-].O=[N+]([O-])C(c1nnn[n-]1)([N+](=O)[O-])[N+](=O)[O-].[Cu+2]. The van der Waals surface area contributed by atoms with Crippen molar-refractivity contribution in [1.29, 1.82) is 0 Å². The molecule has 0 bridgehead atoms. The quantitative estimate of drug-likeness (QED) is 0.122. The maximum absolute atomic E-state index is 10.4. The molecule has 9 N–H and O–H groups in total. The van der Waals surface area contributed by atoms with Gasteiger partial charge in [-0.25, -0.2) is 0 Å². The molecule has 0 unspecified atom stereocenters. The summed E-state index contributed by atoms with van der Waals surface area (Å²) in [5.74, 6) is -10.3. The molecule has 0 spiro atoms. The molecular formula is C4H9CuN17O12. The van der Waals surface area contributed by atoms with Gasteiger partial charge in [0.1, 0.15) is 0 Å². The van der Waals surface area contributed by atoms with E-state index in [1.807, 2.05) is 0 Å². The average Bonchev–Trinajstić information content (AvgIpc) is 3.28. The molecule has 1 radical (unpaired) electrons. The van der Waals surface area contributed by atoms with Gasteiger partial charge in [0.15, 0.2) is 29.5 Å². The van der Waals surface area contributed by atoms with Gasteiger partial charge in [-0.3, -0.25) is 81.3 Å². The zero-order valence-electron chi connectivity index (χ0n) is 15.6. The normalized spacial score (nSPS) is 9.65. The number of nitrogens with zero attached hydrogens (tertiary/aromatic N) is 14. The second-order valence-electron chi connectivity index (χ2n) is 4.22. The van der Waals surface area contributed by atoms with E-state index in [9.17, 15) is 60.7 Å². The Kier molecular flexibility index (Phi) is 14.3. The Morgan fingerprint density at radius 3 is 0.853 bits per heavy atom. The molecule has 0 aliphatic rings. The molecule has 0 atom stereocenters. The van der Waals surface area contributed by atoms with Gasteiger partial charge in [-0.2, -0.15) is 10.4 Å². The number of aromatic nitrogens is 8. The average molecular weight is 551 g/mol. The minimum absolute atomic E-state index is 0. The van der Waals surface area contributed by atoms with E-state index in [1.165, 1.54) is 0 Å². The standard InChI is InChI=1S/2C2N7O6.Cu.3H3N/c2*10-7(11)2(8(12)13,9(14)15)1-3-5-6-4-1;;;;/h;;;3*1H3/q2*-1;+2;;;. The first-order valence-electron chi connectivity index (χ1n) is 6.13. The van der Waals surface area contributed by atoms with E-state index in [0.29, 0.717) is 0 Å². The van der Waals surface area contributed by atoms with E-state index >= 15 is 0 Å². The molecular weight excluding hydrogens is 542 g/mol. The van der Waals surface area contributed by atoms with Gasteiger partial charge in [-0.05, 0) is 0 Å². The van der Waals surface area contributed by atoms with Gasteiger partial charge in [0, 0.05) is 0 Å². The summed E-state index contributed by atoms with van der Waals surface area (Å²) < 4.78 is 0. The molecule has 30 heteroatoms. The Balaban J connectivity index is -0.000000237. The molecule has 2 heterocycles. The van der Waals surface area contributed by atoms with Crippen LogP contribution in [0, 0.1) is 60.7 Å². The van der Waals surface area contributed by atoms with E-state index in [1.54, 1.807) is 0 Å². The van der Waals surface area contributed by atoms with Crippen molar-refractivity contribution in [2.45, 2.75) is 11.6 Å². The van der Waals surface area contributed by atoms with Crippen molar-refractivity contribution < 1.29 is 46.6 Å². The van der Waals surface area contributed by atoms with Gasteiger partial charge in [0.2, 0.25) is 0 Å². The van der Waals surface area contributed by atoms with Crippen LogP contribution in [0.15, 0.2) is 0 Å². The van der Waals surface area contributed by atoms with Gasteiger partial charge in [-0.15, -0.1) is 0 Å². The number of tetrazole rings is 2. The summed E-state index contributed by atoms with van der Waals surface area (Å²) in [7, 11) is 0. The zero-order valence-corrected chi connectivity index (χ0v) is 16.5. The Morgan fingerprint density at radius 1 is 0.529 bits per heavy atom. The molecule has 0 aliphatic heterocycles. The summed E-state index contributed by atoms with van der Waals surface area (Å²) >= 11 is 0. The van der Waals surface area contributed by atoms with Crippen LogP contribution in [0.5, 0.6) is 0 Å². The molecule has 29 nitrogen and oxygen atoms in total. The van der Waals surface area contributed by atoms with Crippen molar-refractivity contribution in [1.82, 2.24) is 59.7 Å². The van der Waals surface area contributed by atoms with Crippen LogP contribution in [0.25, 0.3) is 0 Å². The van der Waals surface area contributed by atoms with E-state index in [0.717, 1.165) is 0 Å². The molecule has 2 aromatic rings. The second-order valence-corrected chi connectivity index (χ2v) is 4.22. The van der Waals surface area contributed by atoms with Crippen molar-refractivity contribution >= 4 is 0 Å². The molecule has 0 aliphatic carbocycles. The van der Waals surface area contributed by atoms with E-state index in [-0.39, 0.29) is 35.5 Å². The smallest absolute Gasteiger partial charge is 0.344 e. The van der Waals surface area contributed by atoms with Gasteiger partial charge < -0.3 is 28.6 Å². The van der Waals surface area contributed by atoms with Gasteiger partial charge in [0.05, 0.1) is 0 Å². The number of hydrogen-bond acceptors (Lipinski definition) is 21. The van der Waals surface area contributed by atoms with E-state index in [2.05, 4.69) is 41.2 Å². The van der Waals surface area contributed by atoms with Crippen LogP contribution in [0.4, 0.5) is 0 Å². The van der Waals surface area contributed by atoms with Crippen molar-refractivity contribution in [2.24, 2.45) is 0 Å². The van der Waals surface area contributed by atoms with E-state index < -0.39 is 52.8 Å². The van der Waals surface area contributed by atoms with Gasteiger partial charge >= 0.3 is 28.6 Å². The zero-order chi connectivity index (χ0) is 23.3. The molecule has 193 valence electrons. The third-order valence-corrected chi connectivity index (χ3v) is 2.77. The minimum Gasteiger partial charge on any atom is -0.344 e. The van der Waals surface area contributed by atoms with Crippen LogP contribution in [0.1, 0.15) is 11.6 Å². The topological polar surface area (TPSA) is 469 Å². The Bertz CT molecular complexity index is 836. The van der Waals surface area contributed by atoms with Gasteiger partial charge in [0.25, 0.3) is 11.6 Å².